The molecule has 4 atom stereocenters. The molecule has 108 valence electrons. The summed E-state index contributed by atoms with van der Waals surface area (Å²) in [4.78, 5) is 25.2. The van der Waals surface area contributed by atoms with E-state index in [1.165, 1.54) is 0 Å². The second-order valence-corrected chi connectivity index (χ2v) is 5.49. The van der Waals surface area contributed by atoms with Gasteiger partial charge in [-0.25, -0.2) is 0 Å². The van der Waals surface area contributed by atoms with Crippen LogP contribution in [0.5, 0.6) is 0 Å². The molecule has 6 heteroatoms. The molecule has 2 aliphatic rings. The lowest BCUT2D eigenvalue weighted by Gasteiger charge is -2.37. The van der Waals surface area contributed by atoms with Crippen LogP contribution in [0.2, 0.25) is 0 Å². The maximum atomic E-state index is 12.4. The highest BCUT2D eigenvalue weighted by Crippen LogP contribution is 2.25. The fourth-order valence-electron chi connectivity index (χ4n) is 2.99. The van der Waals surface area contributed by atoms with E-state index >= 15 is 0 Å². The van der Waals surface area contributed by atoms with E-state index in [1.807, 2.05) is 11.8 Å². The van der Waals surface area contributed by atoms with E-state index in [1.54, 1.807) is 7.11 Å². The summed E-state index contributed by atoms with van der Waals surface area (Å²) in [6.07, 6.45) is 1.88. The third kappa shape index (κ3) is 3.06. The number of amides is 1. The number of nitrogens with one attached hydrogen (secondary N) is 1. The maximum absolute atomic E-state index is 12.4. The molecule has 0 bridgehead atoms. The van der Waals surface area contributed by atoms with Gasteiger partial charge >= 0.3 is 5.97 Å². The molecule has 19 heavy (non-hydrogen) atoms. The van der Waals surface area contributed by atoms with Crippen molar-refractivity contribution in [2.24, 2.45) is 5.92 Å². The molecule has 0 aromatic carbocycles. The molecule has 2 aliphatic heterocycles. The van der Waals surface area contributed by atoms with E-state index in [0.29, 0.717) is 32.4 Å². The number of hydrogen-bond donors (Lipinski definition) is 2. The first kappa shape index (κ1) is 14.3. The van der Waals surface area contributed by atoms with E-state index in [9.17, 15) is 9.59 Å². The Morgan fingerprint density at radius 1 is 1.37 bits per heavy atom. The van der Waals surface area contributed by atoms with Gasteiger partial charge in [-0.15, -0.1) is 0 Å². The van der Waals surface area contributed by atoms with Crippen LogP contribution in [-0.4, -0.2) is 60.3 Å². The molecule has 2 rings (SSSR count). The summed E-state index contributed by atoms with van der Waals surface area (Å²) in [5.74, 6) is -0.990. The normalized spacial score (nSPS) is 35.4. The average Bonchev–Trinajstić information content (AvgIpc) is 2.86. The van der Waals surface area contributed by atoms with Gasteiger partial charge in [0.1, 0.15) is 0 Å². The molecule has 1 amide bonds. The molecule has 6 nitrogen and oxygen atoms in total. The molecule has 0 aromatic heterocycles. The van der Waals surface area contributed by atoms with Crippen molar-refractivity contribution in [3.05, 3.63) is 0 Å². The molecule has 2 fully saturated rings. The van der Waals surface area contributed by atoms with Gasteiger partial charge in [-0.3, -0.25) is 9.59 Å². The Bertz CT molecular complexity index is 361. The second kappa shape index (κ2) is 5.88. The summed E-state index contributed by atoms with van der Waals surface area (Å²) in [6.45, 7) is 3.16. The zero-order valence-corrected chi connectivity index (χ0v) is 11.5. The number of aliphatic carboxylic acids is 1. The number of carbonyl (C=O) groups is 2. The third-order valence-corrected chi connectivity index (χ3v) is 4.23. The highest BCUT2D eigenvalue weighted by atomic mass is 16.5. The minimum atomic E-state index is -0.752. The Balaban J connectivity index is 1.92. The number of likely N-dealkylation sites (tertiary alicyclic amines) is 1. The number of hydrogen-bond acceptors (Lipinski definition) is 4. The number of carboxylic acids is 1. The van der Waals surface area contributed by atoms with Gasteiger partial charge in [0.25, 0.3) is 0 Å². The number of methoxy groups -OCH3 is 1. The van der Waals surface area contributed by atoms with Crippen molar-refractivity contribution in [3.8, 4) is 0 Å². The lowest BCUT2D eigenvalue weighted by atomic mass is 9.91. The van der Waals surface area contributed by atoms with Gasteiger partial charge in [-0.05, 0) is 26.2 Å². The van der Waals surface area contributed by atoms with Crippen LogP contribution < -0.4 is 5.32 Å². The SMILES string of the molecule is COC1CNC(C(=O)N2CCC(C(=O)O)CC2C)C1. The molecular formula is C13H22N2O4. The van der Waals surface area contributed by atoms with Crippen LogP contribution in [0, 0.1) is 5.92 Å². The molecule has 0 saturated carbocycles. The summed E-state index contributed by atoms with van der Waals surface area (Å²) in [5.41, 5.74) is 0. The first-order valence-electron chi connectivity index (χ1n) is 6.82. The molecule has 2 saturated heterocycles. The van der Waals surface area contributed by atoms with E-state index < -0.39 is 5.97 Å². The van der Waals surface area contributed by atoms with Crippen LogP contribution in [0.25, 0.3) is 0 Å². The van der Waals surface area contributed by atoms with Crippen molar-refractivity contribution in [2.45, 2.75) is 44.4 Å². The van der Waals surface area contributed by atoms with Gasteiger partial charge in [0.2, 0.25) is 5.91 Å². The molecule has 0 spiro atoms. The van der Waals surface area contributed by atoms with E-state index in [4.69, 9.17) is 9.84 Å². The topological polar surface area (TPSA) is 78.9 Å². The summed E-state index contributed by atoms with van der Waals surface area (Å²) in [7, 11) is 1.65. The van der Waals surface area contributed by atoms with Gasteiger partial charge in [0.15, 0.2) is 0 Å². The maximum Gasteiger partial charge on any atom is 0.306 e. The van der Waals surface area contributed by atoms with Crippen LogP contribution in [0.4, 0.5) is 0 Å². The van der Waals surface area contributed by atoms with Gasteiger partial charge in [-0.1, -0.05) is 0 Å². The first-order valence-corrected chi connectivity index (χ1v) is 6.82. The number of ether oxygens (including phenoxy) is 1. The standard InChI is InChI=1S/C13H22N2O4/c1-8-5-9(13(17)18)3-4-15(8)12(16)11-6-10(19-2)7-14-11/h8-11,14H,3-7H2,1-2H3,(H,17,18). The summed E-state index contributed by atoms with van der Waals surface area (Å²) < 4.78 is 5.24. The van der Waals surface area contributed by atoms with Crippen molar-refractivity contribution in [2.75, 3.05) is 20.2 Å². The van der Waals surface area contributed by atoms with E-state index in [0.717, 1.165) is 0 Å². The molecule has 4 unspecified atom stereocenters. The zero-order valence-electron chi connectivity index (χ0n) is 11.5. The predicted molar refractivity (Wildman–Crippen MR) is 68.7 cm³/mol. The Labute approximate surface area is 113 Å². The third-order valence-electron chi connectivity index (χ3n) is 4.23. The van der Waals surface area contributed by atoms with Gasteiger partial charge in [0.05, 0.1) is 18.1 Å². The van der Waals surface area contributed by atoms with Crippen molar-refractivity contribution < 1.29 is 19.4 Å². The van der Waals surface area contributed by atoms with E-state index in [2.05, 4.69) is 5.32 Å². The average molecular weight is 270 g/mol. The first-order chi connectivity index (χ1) is 9.02. The number of piperidine rings is 1. The largest absolute Gasteiger partial charge is 0.481 e. The fourth-order valence-corrected chi connectivity index (χ4v) is 2.99. The summed E-state index contributed by atoms with van der Waals surface area (Å²) >= 11 is 0. The highest BCUT2D eigenvalue weighted by Gasteiger charge is 2.37. The van der Waals surface area contributed by atoms with Crippen molar-refractivity contribution in [1.29, 1.82) is 0 Å². The van der Waals surface area contributed by atoms with Gasteiger partial charge in [0, 0.05) is 26.2 Å². The molecule has 0 aliphatic carbocycles. The number of carbonyl (C=O) groups excluding carboxylic acids is 1. The monoisotopic (exact) mass is 270 g/mol. The lowest BCUT2D eigenvalue weighted by Crippen LogP contribution is -2.51. The van der Waals surface area contributed by atoms with Crippen LogP contribution >= 0.6 is 0 Å². The van der Waals surface area contributed by atoms with E-state index in [-0.39, 0.29) is 30.0 Å². The number of nitrogens with zero attached hydrogens (tertiary/aromatic N) is 1. The quantitative estimate of drug-likeness (QED) is 0.759. The van der Waals surface area contributed by atoms with Crippen LogP contribution in [0.1, 0.15) is 26.2 Å². The highest BCUT2D eigenvalue weighted by molar-refractivity contribution is 5.83. The lowest BCUT2D eigenvalue weighted by molar-refractivity contribution is -0.148. The molecule has 2 N–H and O–H groups in total. The smallest absolute Gasteiger partial charge is 0.306 e. The van der Waals surface area contributed by atoms with Crippen LogP contribution in [-0.2, 0) is 14.3 Å². The van der Waals surface area contributed by atoms with Gasteiger partial charge < -0.3 is 20.1 Å². The molecular weight excluding hydrogens is 248 g/mol. The Morgan fingerprint density at radius 3 is 2.63 bits per heavy atom. The fraction of sp³-hybridized carbons (Fsp3) is 0.846. The Hall–Kier alpha value is -1.14. The van der Waals surface area contributed by atoms with Crippen LogP contribution in [0.3, 0.4) is 0 Å². The minimum absolute atomic E-state index is 0.00857. The number of rotatable bonds is 3. The zero-order chi connectivity index (χ0) is 14.0. The minimum Gasteiger partial charge on any atom is -0.481 e. The van der Waals surface area contributed by atoms with Crippen LogP contribution in [0.15, 0.2) is 0 Å². The van der Waals surface area contributed by atoms with Crippen molar-refractivity contribution in [1.82, 2.24) is 10.2 Å². The van der Waals surface area contributed by atoms with Crippen molar-refractivity contribution >= 4 is 11.9 Å². The van der Waals surface area contributed by atoms with Gasteiger partial charge in [-0.2, -0.15) is 0 Å². The molecule has 0 aromatic rings. The summed E-state index contributed by atoms with van der Waals surface area (Å²) in [6, 6.07) is -0.195. The second-order valence-electron chi connectivity index (χ2n) is 5.49. The molecule has 0 radical (unpaired) electrons. The Kier molecular flexibility index (Phi) is 4.42. The number of carboxylic acid groups (broad SMARTS) is 1. The van der Waals surface area contributed by atoms with Crippen molar-refractivity contribution in [3.63, 3.8) is 0 Å². The predicted octanol–water partition coefficient (Wildman–Crippen LogP) is 0.0750. The molecule has 2 heterocycles. The summed E-state index contributed by atoms with van der Waals surface area (Å²) in [5, 5.41) is 12.2. The Morgan fingerprint density at radius 2 is 2.11 bits per heavy atom.